The molecule has 3 aromatic rings. The molecule has 3 rings (SSSR count). The number of nitrogens with zero attached hydrogens (tertiary/aromatic N) is 1. The molecule has 0 unspecified atom stereocenters. The number of anilines is 2. The Labute approximate surface area is 134 Å². The third-order valence-corrected chi connectivity index (χ3v) is 3.39. The predicted octanol–water partition coefficient (Wildman–Crippen LogP) is -0.810. The highest BCUT2D eigenvalue weighted by molar-refractivity contribution is 5.55. The average Bonchev–Trinajstić information content (AvgIpc) is 2.98. The molecule has 0 amide bonds. The summed E-state index contributed by atoms with van der Waals surface area (Å²) in [6.07, 6.45) is 4.44. The van der Waals surface area contributed by atoms with E-state index in [4.69, 9.17) is 11.5 Å². The monoisotopic (exact) mass is 318 g/mol. The normalized spacial score (nSPS) is 10.2. The molecule has 0 saturated heterocycles. The number of aromatic nitrogens is 2. The SMILES string of the molecule is Nc1[nH+]c(N)c(-n2cccc2)cc1Cc1ccc(F)cc1.[Cl-]. The fourth-order valence-corrected chi connectivity index (χ4v) is 2.29. The van der Waals surface area contributed by atoms with Crippen molar-refractivity contribution in [1.29, 1.82) is 0 Å². The summed E-state index contributed by atoms with van der Waals surface area (Å²) in [7, 11) is 0. The molecule has 0 aliphatic rings. The maximum absolute atomic E-state index is 13.0. The average molecular weight is 319 g/mol. The van der Waals surface area contributed by atoms with Crippen molar-refractivity contribution in [3.05, 3.63) is 71.8 Å². The first-order chi connectivity index (χ1) is 10.1. The van der Waals surface area contributed by atoms with E-state index >= 15 is 0 Å². The fourth-order valence-electron chi connectivity index (χ4n) is 2.29. The second kappa shape index (κ2) is 6.49. The molecule has 114 valence electrons. The van der Waals surface area contributed by atoms with Crippen LogP contribution in [0.15, 0.2) is 54.9 Å². The summed E-state index contributed by atoms with van der Waals surface area (Å²) in [5.41, 5.74) is 14.7. The Hall–Kier alpha value is -2.53. The molecule has 0 bridgehead atoms. The van der Waals surface area contributed by atoms with Gasteiger partial charge in [-0.25, -0.2) is 9.37 Å². The van der Waals surface area contributed by atoms with Gasteiger partial charge in [0.1, 0.15) is 11.5 Å². The second-order valence-corrected chi connectivity index (χ2v) is 4.90. The predicted molar refractivity (Wildman–Crippen MR) is 80.4 cm³/mol. The molecule has 0 radical (unpaired) electrons. The van der Waals surface area contributed by atoms with E-state index in [1.165, 1.54) is 12.1 Å². The molecule has 0 fully saturated rings. The van der Waals surface area contributed by atoms with Crippen molar-refractivity contribution in [2.24, 2.45) is 0 Å². The number of nitrogens with one attached hydrogen (secondary N) is 1. The molecule has 0 saturated carbocycles. The molecule has 2 heterocycles. The van der Waals surface area contributed by atoms with Crippen LogP contribution in [0.4, 0.5) is 16.0 Å². The molecule has 0 aliphatic heterocycles. The molecule has 5 N–H and O–H groups in total. The number of H-pyrrole nitrogens is 1. The summed E-state index contributed by atoms with van der Waals surface area (Å²) >= 11 is 0. The van der Waals surface area contributed by atoms with E-state index in [2.05, 4.69) is 4.98 Å². The van der Waals surface area contributed by atoms with Crippen LogP contribution in [0.25, 0.3) is 5.69 Å². The Morgan fingerprint density at radius 1 is 1.00 bits per heavy atom. The van der Waals surface area contributed by atoms with Gasteiger partial charge in [-0.15, -0.1) is 0 Å². The van der Waals surface area contributed by atoms with Gasteiger partial charge in [0.15, 0.2) is 0 Å². The standard InChI is InChI=1S/C16H15FN4.ClH/c17-13-5-3-11(4-6-13)9-12-10-14(16(19)20-15(12)18)21-7-1-2-8-21;/h1-8,10H,9H2,(H4,18,19,20);1H. The lowest BCUT2D eigenvalue weighted by Crippen LogP contribution is -3.00. The van der Waals surface area contributed by atoms with Gasteiger partial charge in [-0.3, -0.25) is 0 Å². The van der Waals surface area contributed by atoms with Gasteiger partial charge < -0.3 is 28.4 Å². The molecule has 1 aromatic carbocycles. The van der Waals surface area contributed by atoms with Crippen LogP contribution in [-0.2, 0) is 6.42 Å². The van der Waals surface area contributed by atoms with E-state index in [-0.39, 0.29) is 18.2 Å². The van der Waals surface area contributed by atoms with Gasteiger partial charge >= 0.3 is 0 Å². The lowest BCUT2D eigenvalue weighted by Gasteiger charge is -2.09. The molecule has 2 aromatic heterocycles. The van der Waals surface area contributed by atoms with Crippen LogP contribution < -0.4 is 28.9 Å². The zero-order valence-corrected chi connectivity index (χ0v) is 12.5. The summed E-state index contributed by atoms with van der Waals surface area (Å²) < 4.78 is 14.9. The van der Waals surface area contributed by atoms with Crippen molar-refractivity contribution < 1.29 is 21.8 Å². The fraction of sp³-hybridized carbons (Fsp3) is 0.0625. The summed E-state index contributed by atoms with van der Waals surface area (Å²) in [5, 5.41) is 0. The van der Waals surface area contributed by atoms with Crippen LogP contribution in [-0.4, -0.2) is 4.57 Å². The Bertz CT molecular complexity index is 755. The Balaban J connectivity index is 0.00000176. The number of nitrogens with two attached hydrogens (primary N) is 2. The van der Waals surface area contributed by atoms with Crippen molar-refractivity contribution in [3.8, 4) is 5.69 Å². The minimum Gasteiger partial charge on any atom is -1.00 e. The van der Waals surface area contributed by atoms with Crippen LogP contribution in [0.5, 0.6) is 0 Å². The van der Waals surface area contributed by atoms with Crippen molar-refractivity contribution in [1.82, 2.24) is 4.57 Å². The molecule has 6 heteroatoms. The first-order valence-electron chi connectivity index (χ1n) is 6.61. The van der Waals surface area contributed by atoms with Crippen molar-refractivity contribution in [2.45, 2.75) is 6.42 Å². The lowest BCUT2D eigenvalue weighted by molar-refractivity contribution is -0.342. The van der Waals surface area contributed by atoms with Crippen LogP contribution in [0.3, 0.4) is 0 Å². The molecule has 4 nitrogen and oxygen atoms in total. The number of aromatic amines is 1. The Morgan fingerprint density at radius 2 is 1.64 bits per heavy atom. The van der Waals surface area contributed by atoms with E-state index in [0.29, 0.717) is 18.1 Å². The number of hydrogen-bond acceptors (Lipinski definition) is 2. The maximum atomic E-state index is 13.0. The number of hydrogen-bond donors (Lipinski definition) is 2. The third-order valence-electron chi connectivity index (χ3n) is 3.39. The number of rotatable bonds is 3. The maximum Gasteiger partial charge on any atom is 0.241 e. The van der Waals surface area contributed by atoms with Gasteiger partial charge in [-0.1, -0.05) is 12.1 Å². The highest BCUT2D eigenvalue weighted by atomic mass is 35.5. The zero-order valence-electron chi connectivity index (χ0n) is 11.8. The Morgan fingerprint density at radius 3 is 2.27 bits per heavy atom. The van der Waals surface area contributed by atoms with E-state index in [0.717, 1.165) is 16.8 Å². The van der Waals surface area contributed by atoms with Crippen LogP contribution in [0, 0.1) is 5.82 Å². The van der Waals surface area contributed by atoms with Gasteiger partial charge in [-0.2, -0.15) is 0 Å². The largest absolute Gasteiger partial charge is 1.00 e. The van der Waals surface area contributed by atoms with Gasteiger partial charge in [0.25, 0.3) is 0 Å². The van der Waals surface area contributed by atoms with Crippen molar-refractivity contribution in [3.63, 3.8) is 0 Å². The second-order valence-electron chi connectivity index (χ2n) is 4.90. The summed E-state index contributed by atoms with van der Waals surface area (Å²) in [6.45, 7) is 0. The zero-order chi connectivity index (χ0) is 14.8. The molecule has 0 atom stereocenters. The topological polar surface area (TPSA) is 71.1 Å². The summed E-state index contributed by atoms with van der Waals surface area (Å²) in [5.74, 6) is 0.780. The van der Waals surface area contributed by atoms with Gasteiger partial charge in [0, 0.05) is 24.4 Å². The molecular formula is C16H16ClFN4. The smallest absolute Gasteiger partial charge is 0.241 e. The Kier molecular flexibility index (Phi) is 4.68. The molecule has 22 heavy (non-hydrogen) atoms. The number of pyridine rings is 1. The quantitative estimate of drug-likeness (QED) is 0.663. The van der Waals surface area contributed by atoms with Crippen LogP contribution >= 0.6 is 0 Å². The highest BCUT2D eigenvalue weighted by Gasteiger charge is 2.13. The summed E-state index contributed by atoms with van der Waals surface area (Å²) in [6, 6.07) is 12.2. The number of benzene rings is 1. The first-order valence-corrected chi connectivity index (χ1v) is 6.61. The number of halogens is 2. The van der Waals surface area contributed by atoms with E-state index < -0.39 is 0 Å². The van der Waals surface area contributed by atoms with E-state index in [1.54, 1.807) is 12.1 Å². The third kappa shape index (κ3) is 3.20. The van der Waals surface area contributed by atoms with Crippen molar-refractivity contribution in [2.75, 3.05) is 11.5 Å². The minimum absolute atomic E-state index is 0. The van der Waals surface area contributed by atoms with Gasteiger partial charge in [0.05, 0.1) is 0 Å². The first kappa shape index (κ1) is 15.9. The highest BCUT2D eigenvalue weighted by Crippen LogP contribution is 2.20. The van der Waals surface area contributed by atoms with Gasteiger partial charge in [-0.05, 0) is 35.9 Å². The minimum atomic E-state index is -0.247. The molecular weight excluding hydrogens is 303 g/mol. The summed E-state index contributed by atoms with van der Waals surface area (Å²) in [4.78, 5) is 2.99. The van der Waals surface area contributed by atoms with Crippen LogP contribution in [0.2, 0.25) is 0 Å². The lowest BCUT2D eigenvalue weighted by atomic mass is 10.1. The van der Waals surface area contributed by atoms with Crippen LogP contribution in [0.1, 0.15) is 11.1 Å². The van der Waals surface area contributed by atoms with Crippen molar-refractivity contribution >= 4 is 11.6 Å². The molecule has 0 aliphatic carbocycles. The number of nitrogen functional groups attached to an aromatic ring is 2. The molecule has 0 spiro atoms. The van der Waals surface area contributed by atoms with Gasteiger partial charge in [0.2, 0.25) is 11.6 Å². The van der Waals surface area contributed by atoms with E-state index in [1.807, 2.05) is 35.2 Å². The van der Waals surface area contributed by atoms with E-state index in [9.17, 15) is 4.39 Å².